The predicted octanol–water partition coefficient (Wildman–Crippen LogP) is 3.59. The Hall–Kier alpha value is -1.60. The molecule has 0 aromatic heterocycles. The second-order valence-electron chi connectivity index (χ2n) is 5.74. The van der Waals surface area contributed by atoms with Crippen LogP contribution in [0, 0.1) is 5.92 Å². The highest BCUT2D eigenvalue weighted by molar-refractivity contribution is 6.30. The summed E-state index contributed by atoms with van der Waals surface area (Å²) in [6.45, 7) is 0. The van der Waals surface area contributed by atoms with Crippen molar-refractivity contribution in [3.05, 3.63) is 34.9 Å². The summed E-state index contributed by atoms with van der Waals surface area (Å²) in [5.41, 5.74) is -3.07. The van der Waals surface area contributed by atoms with Crippen molar-refractivity contribution in [2.45, 2.75) is 37.6 Å². The van der Waals surface area contributed by atoms with Gasteiger partial charge in [-0.05, 0) is 43.5 Å². The Labute approximate surface area is 135 Å². The van der Waals surface area contributed by atoms with Gasteiger partial charge in [-0.15, -0.1) is 0 Å². The molecule has 1 saturated carbocycles. The van der Waals surface area contributed by atoms with E-state index < -0.39 is 23.7 Å². The maximum Gasteiger partial charge on any atom is 0.439 e. The second kappa shape index (κ2) is 5.49. The lowest BCUT2D eigenvalue weighted by atomic mass is 9.80. The first kappa shape index (κ1) is 16.3. The molecule has 1 aliphatic carbocycles. The summed E-state index contributed by atoms with van der Waals surface area (Å²) in [6.07, 6.45) is -3.23. The summed E-state index contributed by atoms with van der Waals surface area (Å²) >= 11 is 5.72. The van der Waals surface area contributed by atoms with Gasteiger partial charge in [0, 0.05) is 16.3 Å². The number of fused-ring (bicyclic) bond motifs is 1. The Morgan fingerprint density at radius 2 is 1.96 bits per heavy atom. The molecular weight excluding hydrogens is 333 g/mol. The number of alkyl halides is 3. The number of halogens is 4. The standard InChI is InChI=1S/C15H14ClF3N2O2/c16-10-7-5-9(6-8-10)13(22)21-14(23,15(17,18)19)11-3-1-2-4-12(11)20-21/h5-8,11,23H,1-4H2/t11-,14-/m1/s1. The molecule has 2 aliphatic rings. The summed E-state index contributed by atoms with van der Waals surface area (Å²) in [7, 11) is 0. The first-order chi connectivity index (χ1) is 10.7. The van der Waals surface area contributed by atoms with Gasteiger partial charge in [-0.1, -0.05) is 18.0 Å². The molecule has 0 saturated heterocycles. The summed E-state index contributed by atoms with van der Waals surface area (Å²) in [5.74, 6) is -2.20. The van der Waals surface area contributed by atoms with Crippen LogP contribution in [0.4, 0.5) is 13.2 Å². The number of carbonyl (C=O) groups excluding carboxylic acids is 1. The summed E-state index contributed by atoms with van der Waals surface area (Å²) < 4.78 is 40.7. The number of nitrogens with zero attached hydrogens (tertiary/aromatic N) is 2. The van der Waals surface area contributed by atoms with Crippen LogP contribution in [0.3, 0.4) is 0 Å². The molecule has 124 valence electrons. The van der Waals surface area contributed by atoms with E-state index in [0.29, 0.717) is 24.3 Å². The van der Waals surface area contributed by atoms with Gasteiger partial charge in [0.25, 0.3) is 11.6 Å². The van der Waals surface area contributed by atoms with Crippen molar-refractivity contribution < 1.29 is 23.1 Å². The fraction of sp³-hybridized carbons (Fsp3) is 0.467. The smallest absolute Gasteiger partial charge is 0.362 e. The molecule has 3 rings (SSSR count). The van der Waals surface area contributed by atoms with E-state index >= 15 is 0 Å². The predicted molar refractivity (Wildman–Crippen MR) is 78.0 cm³/mol. The third kappa shape index (κ3) is 2.52. The molecule has 0 bridgehead atoms. The lowest BCUT2D eigenvalue weighted by molar-refractivity contribution is -0.312. The molecule has 4 nitrogen and oxygen atoms in total. The lowest BCUT2D eigenvalue weighted by Crippen LogP contribution is -2.61. The highest BCUT2D eigenvalue weighted by Gasteiger charge is 2.68. The van der Waals surface area contributed by atoms with Crippen LogP contribution in [-0.2, 0) is 0 Å². The van der Waals surface area contributed by atoms with Gasteiger partial charge in [0.1, 0.15) is 0 Å². The molecule has 0 unspecified atom stereocenters. The van der Waals surface area contributed by atoms with Gasteiger partial charge in [-0.2, -0.15) is 23.3 Å². The van der Waals surface area contributed by atoms with E-state index in [0.717, 1.165) is 0 Å². The van der Waals surface area contributed by atoms with Crippen molar-refractivity contribution >= 4 is 23.2 Å². The molecule has 8 heteroatoms. The molecule has 0 spiro atoms. The largest absolute Gasteiger partial charge is 0.439 e. The van der Waals surface area contributed by atoms with Crippen molar-refractivity contribution in [1.29, 1.82) is 0 Å². The number of carbonyl (C=O) groups is 1. The first-order valence-electron chi connectivity index (χ1n) is 7.21. The number of hydrogen-bond acceptors (Lipinski definition) is 3. The Balaban J connectivity index is 2.03. The number of benzene rings is 1. The van der Waals surface area contributed by atoms with E-state index in [9.17, 15) is 23.1 Å². The Morgan fingerprint density at radius 3 is 2.57 bits per heavy atom. The van der Waals surface area contributed by atoms with Crippen LogP contribution in [0.5, 0.6) is 0 Å². The average molecular weight is 347 g/mol. The SMILES string of the molecule is O=C(c1ccc(Cl)cc1)N1N=C2CCCC[C@H]2[C@@]1(O)C(F)(F)F. The maximum atomic E-state index is 13.6. The van der Waals surface area contributed by atoms with E-state index in [4.69, 9.17) is 11.6 Å². The topological polar surface area (TPSA) is 52.9 Å². The summed E-state index contributed by atoms with van der Waals surface area (Å²) in [6, 6.07) is 5.42. The Bertz CT molecular complexity index is 660. The van der Waals surface area contributed by atoms with E-state index in [1.807, 2.05) is 0 Å². The molecule has 1 heterocycles. The van der Waals surface area contributed by atoms with Crippen molar-refractivity contribution in [1.82, 2.24) is 5.01 Å². The Kier molecular flexibility index (Phi) is 3.88. The monoisotopic (exact) mass is 346 g/mol. The minimum Gasteiger partial charge on any atom is -0.362 e. The van der Waals surface area contributed by atoms with Crippen molar-refractivity contribution in [3.63, 3.8) is 0 Å². The quantitative estimate of drug-likeness (QED) is 0.844. The van der Waals surface area contributed by atoms with Crippen LogP contribution in [-0.4, -0.2) is 33.6 Å². The molecule has 23 heavy (non-hydrogen) atoms. The number of aliphatic hydroxyl groups is 1. The molecule has 1 fully saturated rings. The zero-order valence-corrected chi connectivity index (χ0v) is 12.7. The molecule has 1 aromatic carbocycles. The third-order valence-electron chi connectivity index (χ3n) is 4.32. The average Bonchev–Trinajstić information content (AvgIpc) is 2.82. The number of hydrazone groups is 1. The highest BCUT2D eigenvalue weighted by atomic mass is 35.5. The van der Waals surface area contributed by atoms with Crippen LogP contribution in [0.1, 0.15) is 36.0 Å². The molecule has 2 atom stereocenters. The van der Waals surface area contributed by atoms with E-state index in [1.54, 1.807) is 0 Å². The highest BCUT2D eigenvalue weighted by Crippen LogP contribution is 2.48. The fourth-order valence-corrected chi connectivity index (χ4v) is 3.26. The molecule has 1 aromatic rings. The van der Waals surface area contributed by atoms with Gasteiger partial charge < -0.3 is 5.11 Å². The Morgan fingerprint density at radius 1 is 1.30 bits per heavy atom. The van der Waals surface area contributed by atoms with Gasteiger partial charge in [0.2, 0.25) is 0 Å². The van der Waals surface area contributed by atoms with Crippen molar-refractivity contribution in [2.24, 2.45) is 11.0 Å². The number of rotatable bonds is 1. The van der Waals surface area contributed by atoms with Crippen LogP contribution in [0.25, 0.3) is 0 Å². The zero-order chi connectivity index (χ0) is 16.8. The molecule has 1 aliphatic heterocycles. The maximum absolute atomic E-state index is 13.6. The van der Waals surface area contributed by atoms with Gasteiger partial charge in [0.15, 0.2) is 0 Å². The molecule has 1 amide bonds. The van der Waals surface area contributed by atoms with Crippen molar-refractivity contribution in [2.75, 3.05) is 0 Å². The third-order valence-corrected chi connectivity index (χ3v) is 4.57. The van der Waals surface area contributed by atoms with Crippen LogP contribution in [0.2, 0.25) is 5.02 Å². The van der Waals surface area contributed by atoms with E-state index in [2.05, 4.69) is 5.10 Å². The van der Waals surface area contributed by atoms with E-state index in [1.165, 1.54) is 24.3 Å². The van der Waals surface area contributed by atoms with Crippen LogP contribution < -0.4 is 0 Å². The second-order valence-corrected chi connectivity index (χ2v) is 6.17. The minimum absolute atomic E-state index is 0.0138. The van der Waals surface area contributed by atoms with E-state index in [-0.39, 0.29) is 22.7 Å². The minimum atomic E-state index is -5.00. The molecular formula is C15H14ClF3N2O2. The number of hydrogen-bond donors (Lipinski definition) is 1. The van der Waals surface area contributed by atoms with Gasteiger partial charge in [-0.3, -0.25) is 4.79 Å². The molecule has 0 radical (unpaired) electrons. The summed E-state index contributed by atoms with van der Waals surface area (Å²) in [5, 5.41) is 14.8. The zero-order valence-electron chi connectivity index (χ0n) is 12.0. The first-order valence-corrected chi connectivity index (χ1v) is 7.59. The molecule has 1 N–H and O–H groups in total. The number of amides is 1. The van der Waals surface area contributed by atoms with Gasteiger partial charge >= 0.3 is 6.18 Å². The van der Waals surface area contributed by atoms with Gasteiger partial charge in [0.05, 0.1) is 5.92 Å². The fourth-order valence-electron chi connectivity index (χ4n) is 3.13. The normalized spacial score (nSPS) is 27.6. The van der Waals surface area contributed by atoms with Crippen LogP contribution >= 0.6 is 11.6 Å². The van der Waals surface area contributed by atoms with Crippen LogP contribution in [0.15, 0.2) is 29.4 Å². The van der Waals surface area contributed by atoms with Crippen molar-refractivity contribution in [3.8, 4) is 0 Å². The summed E-state index contributed by atoms with van der Waals surface area (Å²) in [4.78, 5) is 12.5. The lowest BCUT2D eigenvalue weighted by Gasteiger charge is -2.38. The van der Waals surface area contributed by atoms with Gasteiger partial charge in [-0.25, -0.2) is 0 Å².